The van der Waals surface area contributed by atoms with Gasteiger partial charge in [-0.05, 0) is 47.1 Å². The molecule has 1 rings (SSSR count). The van der Waals surface area contributed by atoms with Gasteiger partial charge in [0.15, 0.2) is 0 Å². The summed E-state index contributed by atoms with van der Waals surface area (Å²) in [5.74, 6) is 0.489. The molecule has 24 heavy (non-hydrogen) atoms. The van der Waals surface area contributed by atoms with Gasteiger partial charge in [0.1, 0.15) is 5.75 Å². The number of ether oxygens (including phenoxy) is 2. The summed E-state index contributed by atoms with van der Waals surface area (Å²) in [6, 6.07) is 3.39. The van der Waals surface area contributed by atoms with Crippen molar-refractivity contribution in [3.05, 3.63) is 21.3 Å². The number of rotatable bonds is 6. The van der Waals surface area contributed by atoms with Crippen LogP contribution in [0.15, 0.2) is 12.1 Å². The van der Waals surface area contributed by atoms with Crippen molar-refractivity contribution < 1.29 is 19.1 Å². The van der Waals surface area contributed by atoms with Crippen LogP contribution < -0.4 is 15.4 Å². The Hall–Kier alpha value is -1.51. The largest absolute Gasteiger partial charge is 0.495 e. The zero-order chi connectivity index (χ0) is 18.3. The van der Waals surface area contributed by atoms with Gasteiger partial charge in [0.25, 0.3) is 0 Å². The molecule has 1 aromatic rings. The lowest BCUT2D eigenvalue weighted by molar-refractivity contribution is -0.142. The lowest BCUT2D eigenvalue weighted by Crippen LogP contribution is -2.31. The first kappa shape index (κ1) is 20.5. The zero-order valence-corrected chi connectivity index (χ0v) is 16.9. The predicted molar refractivity (Wildman–Crippen MR) is 103 cm³/mol. The lowest BCUT2D eigenvalue weighted by atomic mass is 9.86. The van der Waals surface area contributed by atoms with Crippen molar-refractivity contribution in [2.45, 2.75) is 39.5 Å². The molecule has 0 aromatic heterocycles. The Bertz CT molecular complexity index is 597. The Morgan fingerprint density at radius 3 is 2.46 bits per heavy atom. The second-order valence-electron chi connectivity index (χ2n) is 6.22. The van der Waals surface area contributed by atoms with Crippen molar-refractivity contribution in [3.63, 3.8) is 0 Å². The minimum Gasteiger partial charge on any atom is -0.495 e. The number of carbonyl (C=O) groups excluding carboxylic acids is 2. The minimum absolute atomic E-state index is 0.122. The molecule has 0 spiro atoms. The molecule has 0 unspecified atom stereocenters. The third kappa shape index (κ3) is 6.18. The number of urea groups is 1. The molecule has 0 saturated heterocycles. The van der Waals surface area contributed by atoms with E-state index in [1.165, 1.54) is 0 Å². The monoisotopic (exact) mass is 448 g/mol. The summed E-state index contributed by atoms with van der Waals surface area (Å²) in [7, 11) is 1.64. The number of amides is 2. The smallest absolute Gasteiger partial charge is 0.319 e. The highest BCUT2D eigenvalue weighted by molar-refractivity contribution is 14.1. The van der Waals surface area contributed by atoms with Crippen molar-refractivity contribution in [3.8, 4) is 5.75 Å². The van der Waals surface area contributed by atoms with Gasteiger partial charge in [0.2, 0.25) is 0 Å². The van der Waals surface area contributed by atoms with Crippen LogP contribution in [0.25, 0.3) is 0 Å². The summed E-state index contributed by atoms with van der Waals surface area (Å²) in [5, 5.41) is 5.43. The lowest BCUT2D eigenvalue weighted by Gasteiger charge is -2.24. The Balaban J connectivity index is 2.76. The molecule has 2 N–H and O–H groups in total. The van der Waals surface area contributed by atoms with E-state index in [1.807, 2.05) is 12.1 Å². The van der Waals surface area contributed by atoms with E-state index in [2.05, 4.69) is 54.0 Å². The summed E-state index contributed by atoms with van der Waals surface area (Å²) >= 11 is 2.19. The number of esters is 1. The highest BCUT2D eigenvalue weighted by atomic mass is 127. The highest BCUT2D eigenvalue weighted by Crippen LogP contribution is 2.37. The molecule has 2 amide bonds. The van der Waals surface area contributed by atoms with Gasteiger partial charge in [0.05, 0.1) is 23.7 Å². The van der Waals surface area contributed by atoms with Crippen molar-refractivity contribution in [1.29, 1.82) is 0 Å². The first-order valence-electron chi connectivity index (χ1n) is 7.77. The maximum absolute atomic E-state index is 12.0. The van der Waals surface area contributed by atoms with Crippen LogP contribution in [-0.2, 0) is 14.9 Å². The van der Waals surface area contributed by atoms with Gasteiger partial charge in [0, 0.05) is 17.8 Å². The van der Waals surface area contributed by atoms with Crippen molar-refractivity contribution >= 4 is 40.3 Å². The second-order valence-corrected chi connectivity index (χ2v) is 7.39. The predicted octanol–water partition coefficient (Wildman–Crippen LogP) is 3.67. The molecule has 7 heteroatoms. The minimum atomic E-state index is -0.361. The van der Waals surface area contributed by atoms with E-state index in [9.17, 15) is 9.59 Å². The Labute approximate surface area is 156 Å². The Morgan fingerprint density at radius 2 is 1.92 bits per heavy atom. The first-order valence-corrected chi connectivity index (χ1v) is 8.85. The summed E-state index contributed by atoms with van der Waals surface area (Å²) in [6.07, 6.45) is 0.147. The Morgan fingerprint density at radius 1 is 1.25 bits per heavy atom. The number of hydrogen-bond donors (Lipinski definition) is 2. The fourth-order valence-electron chi connectivity index (χ4n) is 2.12. The van der Waals surface area contributed by atoms with E-state index in [0.717, 1.165) is 14.9 Å². The molecule has 0 aliphatic carbocycles. The van der Waals surface area contributed by atoms with E-state index >= 15 is 0 Å². The van der Waals surface area contributed by atoms with Crippen LogP contribution in [0.1, 0.15) is 39.7 Å². The van der Waals surface area contributed by atoms with Gasteiger partial charge in [-0.1, -0.05) is 20.8 Å². The number of nitrogens with one attached hydrogen (secondary N) is 2. The summed E-state index contributed by atoms with van der Waals surface area (Å²) in [5.41, 5.74) is 1.57. The zero-order valence-electron chi connectivity index (χ0n) is 14.8. The molecule has 0 radical (unpaired) electrons. The normalized spacial score (nSPS) is 10.9. The van der Waals surface area contributed by atoms with E-state index in [0.29, 0.717) is 12.3 Å². The summed E-state index contributed by atoms with van der Waals surface area (Å²) in [6.45, 7) is 8.57. The molecule has 134 valence electrons. The first-order chi connectivity index (χ1) is 11.2. The molecule has 1 aromatic carbocycles. The van der Waals surface area contributed by atoms with Crippen LogP contribution in [0, 0.1) is 3.57 Å². The molecule has 0 aliphatic heterocycles. The highest BCUT2D eigenvalue weighted by Gasteiger charge is 2.22. The number of benzene rings is 1. The summed E-state index contributed by atoms with van der Waals surface area (Å²) in [4.78, 5) is 23.2. The molecule has 0 atom stereocenters. The van der Waals surface area contributed by atoms with Gasteiger partial charge in [-0.2, -0.15) is 0 Å². The van der Waals surface area contributed by atoms with Crippen LogP contribution in [0.3, 0.4) is 0 Å². The average Bonchev–Trinajstić information content (AvgIpc) is 2.46. The number of hydrogen-bond acceptors (Lipinski definition) is 4. The van der Waals surface area contributed by atoms with Crippen LogP contribution >= 0.6 is 22.6 Å². The maximum atomic E-state index is 12.0. The van der Waals surface area contributed by atoms with E-state index in [4.69, 9.17) is 9.47 Å². The number of carbonyl (C=O) groups is 2. The van der Waals surface area contributed by atoms with Gasteiger partial charge in [-0.3, -0.25) is 4.79 Å². The summed E-state index contributed by atoms with van der Waals surface area (Å²) < 4.78 is 11.2. The van der Waals surface area contributed by atoms with Crippen LogP contribution in [-0.4, -0.2) is 32.3 Å². The molecule has 0 bridgehead atoms. The molecular weight excluding hydrogens is 423 g/mol. The van der Waals surface area contributed by atoms with E-state index in [1.54, 1.807) is 14.0 Å². The van der Waals surface area contributed by atoms with Gasteiger partial charge < -0.3 is 20.1 Å². The maximum Gasteiger partial charge on any atom is 0.319 e. The number of methoxy groups -OCH3 is 1. The quantitative estimate of drug-likeness (QED) is 0.515. The number of halogens is 1. The van der Waals surface area contributed by atoms with Crippen molar-refractivity contribution in [2.75, 3.05) is 25.6 Å². The fourth-order valence-corrected chi connectivity index (χ4v) is 2.96. The van der Waals surface area contributed by atoms with Gasteiger partial charge >= 0.3 is 12.0 Å². The second kappa shape index (κ2) is 9.10. The van der Waals surface area contributed by atoms with Gasteiger partial charge in [-0.15, -0.1) is 0 Å². The van der Waals surface area contributed by atoms with Crippen molar-refractivity contribution in [1.82, 2.24) is 5.32 Å². The molecular formula is C17H25IN2O4. The number of anilines is 1. The van der Waals surface area contributed by atoms with Crippen LogP contribution in [0.2, 0.25) is 0 Å². The Kier molecular flexibility index (Phi) is 7.78. The molecule has 0 heterocycles. The third-order valence-corrected chi connectivity index (χ3v) is 4.03. The van der Waals surface area contributed by atoms with Crippen LogP contribution in [0.5, 0.6) is 5.75 Å². The van der Waals surface area contributed by atoms with E-state index in [-0.39, 0.29) is 30.4 Å². The SMILES string of the molecule is CCOC(=O)CCNC(=O)Nc1cc(I)c(OC)c(C(C)(C)C)c1. The topological polar surface area (TPSA) is 76.7 Å². The average molecular weight is 448 g/mol. The van der Waals surface area contributed by atoms with E-state index < -0.39 is 0 Å². The standard InChI is InChI=1S/C17H25IN2O4/c1-6-24-14(21)7-8-19-16(22)20-11-9-12(17(2,3)4)15(23-5)13(18)10-11/h9-10H,6-8H2,1-5H3,(H2,19,20,22). The molecule has 0 fully saturated rings. The fraction of sp³-hybridized carbons (Fsp3) is 0.529. The molecule has 0 aliphatic rings. The molecule has 0 saturated carbocycles. The van der Waals surface area contributed by atoms with Crippen molar-refractivity contribution in [2.24, 2.45) is 0 Å². The van der Waals surface area contributed by atoms with Gasteiger partial charge in [-0.25, -0.2) is 4.79 Å². The molecule has 6 nitrogen and oxygen atoms in total. The third-order valence-electron chi connectivity index (χ3n) is 3.23. The van der Waals surface area contributed by atoms with Crippen LogP contribution in [0.4, 0.5) is 10.5 Å².